The Kier molecular flexibility index (Phi) is 4.43. The smallest absolute Gasteiger partial charge is 0.148 e. The number of likely N-dealkylation sites (N-methyl/N-ethyl adjacent to an activating group) is 1. The average molecular weight is 200 g/mol. The van der Waals surface area contributed by atoms with Crippen LogP contribution < -0.4 is 5.32 Å². The van der Waals surface area contributed by atoms with Crippen LogP contribution in [0.5, 0.6) is 5.75 Å². The van der Waals surface area contributed by atoms with E-state index in [4.69, 9.17) is 12.8 Å². The first-order valence-electron chi connectivity index (χ1n) is 4.71. The molecule has 3 radical (unpaired) electrons. The number of nitrogens with one attached hydrogen (secondary N) is 1. The van der Waals surface area contributed by atoms with Gasteiger partial charge in [0.15, 0.2) is 0 Å². The Labute approximate surface area is 91.5 Å². The minimum absolute atomic E-state index is 0.134. The van der Waals surface area contributed by atoms with Gasteiger partial charge in [-0.25, -0.2) is 0 Å². The molecule has 75 valence electrons. The van der Waals surface area contributed by atoms with Crippen molar-refractivity contribution in [2.75, 3.05) is 7.05 Å². The summed E-state index contributed by atoms with van der Waals surface area (Å²) in [6, 6.07) is 6.45. The van der Waals surface area contributed by atoms with Gasteiger partial charge < -0.3 is 15.2 Å². The molecule has 3 nitrogen and oxygen atoms in total. The van der Waals surface area contributed by atoms with Crippen LogP contribution in [0.25, 0.3) is 0 Å². The van der Waals surface area contributed by atoms with Gasteiger partial charge in [-0.2, -0.15) is 0 Å². The van der Waals surface area contributed by atoms with Crippen LogP contribution in [0.2, 0.25) is 0 Å². The first-order chi connectivity index (χ1) is 7.17. The lowest BCUT2D eigenvalue weighted by Gasteiger charge is -2.14. The van der Waals surface area contributed by atoms with Gasteiger partial charge in [-0.15, -0.1) is 0 Å². The van der Waals surface area contributed by atoms with E-state index in [-0.39, 0.29) is 17.5 Å². The van der Waals surface area contributed by atoms with Gasteiger partial charge >= 0.3 is 0 Å². The predicted octanol–water partition coefficient (Wildman–Crippen LogP) is -0.163. The number of benzene rings is 1. The number of phenolic OH excluding ortho intramolecular Hbond substituents is 1. The van der Waals surface area contributed by atoms with E-state index >= 15 is 0 Å². The van der Waals surface area contributed by atoms with Gasteiger partial charge in [0.2, 0.25) is 0 Å². The number of carbonyl (C=O) groups excluding carboxylic acids is 1. The monoisotopic (exact) mass is 200 g/mol. The van der Waals surface area contributed by atoms with E-state index in [1.54, 1.807) is 31.3 Å². The molecule has 15 heavy (non-hydrogen) atoms. The highest BCUT2D eigenvalue weighted by Gasteiger charge is 2.14. The Balaban J connectivity index is 2.66. The maximum absolute atomic E-state index is 11.3. The molecule has 1 aromatic carbocycles. The number of hydrogen-bond acceptors (Lipinski definition) is 3. The van der Waals surface area contributed by atoms with Gasteiger partial charge in [-0.05, 0) is 31.2 Å². The number of carbonyl (C=O) groups is 1. The first-order valence-corrected chi connectivity index (χ1v) is 4.71. The lowest BCUT2D eigenvalue weighted by Crippen LogP contribution is -2.39. The highest BCUT2D eigenvalue weighted by molar-refractivity contribution is 7.08. The summed E-state index contributed by atoms with van der Waals surface area (Å²) >= 11 is 0. The van der Waals surface area contributed by atoms with Crippen LogP contribution in [0.1, 0.15) is 5.56 Å². The molecular formula is C10H12B2NO2. The second-order valence-electron chi connectivity index (χ2n) is 3.28. The van der Waals surface area contributed by atoms with E-state index in [1.165, 1.54) is 0 Å². The molecule has 0 saturated carbocycles. The third kappa shape index (κ3) is 3.44. The number of aromatic hydroxyl groups is 1. The number of hydrogen-bond donors (Lipinski definition) is 2. The third-order valence-corrected chi connectivity index (χ3v) is 2.23. The van der Waals surface area contributed by atoms with Crippen LogP contribution in [0, 0.1) is 0 Å². The molecule has 0 fully saturated rings. The lowest BCUT2D eigenvalue weighted by atomic mass is 9.51. The molecule has 0 aliphatic rings. The fraction of sp³-hybridized carbons (Fsp3) is 0.300. The maximum Gasteiger partial charge on any atom is 0.148 e. The first kappa shape index (κ1) is 11.9. The standard InChI is InChI=1S/C10H12B2NO2/c1-13-9(10(15)12-11)6-7-2-4-8(14)5-3-7/h2-5,9,13-14H,6H2,1H3. The molecule has 1 atom stereocenters. The summed E-state index contributed by atoms with van der Waals surface area (Å²) in [6.07, 6.45) is 0.559. The minimum Gasteiger partial charge on any atom is -0.508 e. The normalized spacial score (nSPS) is 12.1. The van der Waals surface area contributed by atoms with Crippen molar-refractivity contribution in [1.29, 1.82) is 0 Å². The topological polar surface area (TPSA) is 49.3 Å². The van der Waals surface area contributed by atoms with Gasteiger partial charge in [-0.3, -0.25) is 0 Å². The van der Waals surface area contributed by atoms with Crippen LogP contribution >= 0.6 is 0 Å². The summed E-state index contributed by atoms with van der Waals surface area (Å²) in [5, 5.41) is 12.0. The zero-order chi connectivity index (χ0) is 11.3. The van der Waals surface area contributed by atoms with Crippen molar-refractivity contribution in [2.45, 2.75) is 12.5 Å². The molecule has 1 aromatic rings. The predicted molar refractivity (Wildman–Crippen MR) is 61.2 cm³/mol. The fourth-order valence-corrected chi connectivity index (χ4v) is 1.33. The Morgan fingerprint density at radius 2 is 2.13 bits per heavy atom. The molecule has 0 heterocycles. The summed E-state index contributed by atoms with van der Waals surface area (Å²) in [5.74, 6) is 0.219. The summed E-state index contributed by atoms with van der Waals surface area (Å²) in [7, 11) is 7.96. The van der Waals surface area contributed by atoms with Crippen molar-refractivity contribution >= 4 is 20.6 Å². The third-order valence-electron chi connectivity index (χ3n) is 2.23. The molecule has 0 spiro atoms. The van der Waals surface area contributed by atoms with Crippen molar-refractivity contribution in [3.63, 3.8) is 0 Å². The molecule has 0 aliphatic heterocycles. The van der Waals surface area contributed by atoms with Crippen LogP contribution in [0.4, 0.5) is 0 Å². The Bertz CT molecular complexity index is 327. The zero-order valence-corrected chi connectivity index (χ0v) is 8.60. The van der Waals surface area contributed by atoms with Crippen molar-refractivity contribution in [2.24, 2.45) is 0 Å². The van der Waals surface area contributed by atoms with Crippen molar-refractivity contribution < 1.29 is 9.90 Å². The molecule has 0 aromatic heterocycles. The van der Waals surface area contributed by atoms with Crippen LogP contribution in [-0.4, -0.2) is 38.8 Å². The van der Waals surface area contributed by atoms with Crippen molar-refractivity contribution in [3.8, 4) is 5.75 Å². The van der Waals surface area contributed by atoms with E-state index in [1.807, 2.05) is 0 Å². The molecule has 5 heteroatoms. The van der Waals surface area contributed by atoms with E-state index < -0.39 is 0 Å². The Hall–Kier alpha value is -1.22. The summed E-state index contributed by atoms with van der Waals surface area (Å²) < 4.78 is 0. The molecule has 0 aliphatic carbocycles. The molecule has 0 amide bonds. The summed E-state index contributed by atoms with van der Waals surface area (Å²) in [6.45, 7) is 0. The van der Waals surface area contributed by atoms with Gasteiger partial charge in [0.1, 0.15) is 12.9 Å². The minimum atomic E-state index is -0.306. The van der Waals surface area contributed by atoms with Crippen molar-refractivity contribution in [1.82, 2.24) is 5.32 Å². The number of rotatable bonds is 5. The molecule has 0 saturated heterocycles. The molecular weight excluding hydrogens is 188 g/mol. The largest absolute Gasteiger partial charge is 0.508 e. The second-order valence-corrected chi connectivity index (χ2v) is 3.28. The quantitative estimate of drug-likeness (QED) is 0.649. The second kappa shape index (κ2) is 5.61. The zero-order valence-electron chi connectivity index (χ0n) is 8.60. The molecule has 1 rings (SSSR count). The molecule has 1 unspecified atom stereocenters. The Morgan fingerprint density at radius 1 is 1.53 bits per heavy atom. The maximum atomic E-state index is 11.3. The van der Waals surface area contributed by atoms with Crippen LogP contribution in [0.15, 0.2) is 24.3 Å². The average Bonchev–Trinajstić information content (AvgIpc) is 2.27. The fourth-order valence-electron chi connectivity index (χ4n) is 1.33. The van der Waals surface area contributed by atoms with E-state index in [0.29, 0.717) is 6.42 Å². The molecule has 2 N–H and O–H groups in total. The van der Waals surface area contributed by atoms with Gasteiger partial charge in [0.25, 0.3) is 0 Å². The van der Waals surface area contributed by atoms with E-state index in [2.05, 4.69) is 5.32 Å². The highest BCUT2D eigenvalue weighted by atomic mass is 16.3. The molecule has 0 bridgehead atoms. The van der Waals surface area contributed by atoms with Gasteiger partial charge in [-0.1, -0.05) is 12.1 Å². The van der Waals surface area contributed by atoms with Gasteiger partial charge in [0.05, 0.1) is 11.7 Å². The van der Waals surface area contributed by atoms with Crippen LogP contribution in [0.3, 0.4) is 0 Å². The number of phenols is 1. The van der Waals surface area contributed by atoms with E-state index in [0.717, 1.165) is 12.7 Å². The summed E-state index contributed by atoms with van der Waals surface area (Å²) in [4.78, 5) is 11.3. The summed E-state index contributed by atoms with van der Waals surface area (Å²) in [5.41, 5.74) is 0.841. The van der Waals surface area contributed by atoms with Gasteiger partial charge in [0, 0.05) is 7.74 Å². The SMILES string of the molecule is [B][B]C(=O)C(Cc1ccc(O)cc1)NC. The van der Waals surface area contributed by atoms with Crippen LogP contribution in [-0.2, 0) is 11.2 Å². The van der Waals surface area contributed by atoms with Crippen molar-refractivity contribution in [3.05, 3.63) is 29.8 Å². The Morgan fingerprint density at radius 3 is 2.60 bits per heavy atom. The van der Waals surface area contributed by atoms with E-state index in [9.17, 15) is 4.79 Å². The lowest BCUT2D eigenvalue weighted by molar-refractivity contribution is -0.113. The highest BCUT2D eigenvalue weighted by Crippen LogP contribution is 2.11.